The summed E-state index contributed by atoms with van der Waals surface area (Å²) in [7, 11) is 0. The molecule has 2 aromatic carbocycles. The van der Waals surface area contributed by atoms with Gasteiger partial charge in [-0.15, -0.1) is 0 Å². The number of halogens is 1. The lowest BCUT2D eigenvalue weighted by atomic mass is 9.99. The summed E-state index contributed by atoms with van der Waals surface area (Å²) < 4.78 is 25.4. The molecule has 2 aromatic rings. The van der Waals surface area contributed by atoms with Gasteiger partial charge in [-0.05, 0) is 51.0 Å². The summed E-state index contributed by atoms with van der Waals surface area (Å²) in [5.74, 6) is 0.147. The minimum Gasteiger partial charge on any atom is -0.488 e. The monoisotopic (exact) mass is 382 g/mol. The average Bonchev–Trinajstić information content (AvgIpc) is 2.65. The van der Waals surface area contributed by atoms with Crippen LogP contribution < -0.4 is 4.74 Å². The first-order valence-electron chi connectivity index (χ1n) is 9.17. The molecule has 0 fully saturated rings. The number of carbonyl (C=O) groups is 1. The molecular weight excluding hydrogens is 359 g/mol. The molecule has 0 saturated heterocycles. The molecule has 1 heterocycles. The van der Waals surface area contributed by atoms with Gasteiger partial charge in [0.2, 0.25) is 0 Å². The maximum atomic E-state index is 14.1. The Morgan fingerprint density at radius 1 is 1.29 bits per heavy atom. The van der Waals surface area contributed by atoms with Crippen LogP contribution in [0.2, 0.25) is 0 Å². The normalized spacial score (nSPS) is 13.5. The molecule has 1 aliphatic rings. The van der Waals surface area contributed by atoms with Crippen molar-refractivity contribution < 1.29 is 18.7 Å². The van der Waals surface area contributed by atoms with Gasteiger partial charge in [0.1, 0.15) is 23.8 Å². The third kappa shape index (κ3) is 4.61. The number of amides is 1. The highest BCUT2D eigenvalue weighted by atomic mass is 19.1. The first-order chi connectivity index (χ1) is 13.3. The van der Waals surface area contributed by atoms with Crippen molar-refractivity contribution in [3.05, 3.63) is 64.5 Å². The summed E-state index contributed by atoms with van der Waals surface area (Å²) in [4.78, 5) is 14.1. The van der Waals surface area contributed by atoms with Gasteiger partial charge in [0.25, 0.3) is 0 Å². The predicted molar refractivity (Wildman–Crippen MR) is 102 cm³/mol. The number of benzene rings is 2. The van der Waals surface area contributed by atoms with Crippen molar-refractivity contribution in [3.8, 4) is 11.8 Å². The second-order valence-electron chi connectivity index (χ2n) is 7.75. The van der Waals surface area contributed by atoms with Crippen molar-refractivity contribution in [3.63, 3.8) is 0 Å². The zero-order valence-electron chi connectivity index (χ0n) is 16.3. The standard InChI is InChI=1S/C22H23FN2O3/c1-22(2,3)28-21(26)25-10-9-16-5-4-6-20(18(16)13-25)27-14-17-8-7-15(12-24)11-19(17)23/h4-8,11H,9-10,13-14H2,1-3H3. The smallest absolute Gasteiger partial charge is 0.410 e. The predicted octanol–water partition coefficient (Wildman–Crippen LogP) is 4.57. The Balaban J connectivity index is 1.75. The molecule has 1 aliphatic heterocycles. The van der Waals surface area contributed by atoms with Crippen molar-refractivity contribution in [1.29, 1.82) is 5.26 Å². The maximum absolute atomic E-state index is 14.1. The lowest BCUT2D eigenvalue weighted by molar-refractivity contribution is 0.0222. The van der Waals surface area contributed by atoms with E-state index in [0.29, 0.717) is 30.8 Å². The van der Waals surface area contributed by atoms with Crippen LogP contribution >= 0.6 is 0 Å². The summed E-state index contributed by atoms with van der Waals surface area (Å²) in [6, 6.07) is 11.9. The van der Waals surface area contributed by atoms with Crippen molar-refractivity contribution in [2.75, 3.05) is 6.54 Å². The fraction of sp³-hybridized carbons (Fsp3) is 0.364. The number of hydrogen-bond acceptors (Lipinski definition) is 4. The van der Waals surface area contributed by atoms with E-state index in [1.165, 1.54) is 6.07 Å². The van der Waals surface area contributed by atoms with Gasteiger partial charge in [-0.3, -0.25) is 0 Å². The summed E-state index contributed by atoms with van der Waals surface area (Å²) in [5.41, 5.74) is 2.11. The number of nitriles is 1. The largest absolute Gasteiger partial charge is 0.488 e. The number of ether oxygens (including phenoxy) is 2. The van der Waals surface area contributed by atoms with Crippen LogP contribution in [-0.2, 0) is 24.3 Å². The van der Waals surface area contributed by atoms with E-state index in [-0.39, 0.29) is 18.3 Å². The Morgan fingerprint density at radius 2 is 2.07 bits per heavy atom. The van der Waals surface area contributed by atoms with Gasteiger partial charge in [-0.1, -0.05) is 18.2 Å². The fourth-order valence-corrected chi connectivity index (χ4v) is 3.06. The molecule has 0 saturated carbocycles. The Kier molecular flexibility index (Phi) is 5.55. The van der Waals surface area contributed by atoms with Crippen LogP contribution in [0.25, 0.3) is 0 Å². The molecule has 5 nitrogen and oxygen atoms in total. The van der Waals surface area contributed by atoms with Crippen molar-refractivity contribution in [2.45, 2.75) is 45.9 Å². The van der Waals surface area contributed by atoms with E-state index in [0.717, 1.165) is 11.1 Å². The van der Waals surface area contributed by atoms with Crippen LogP contribution in [0, 0.1) is 17.1 Å². The Bertz CT molecular complexity index is 928. The van der Waals surface area contributed by atoms with Gasteiger partial charge in [0.05, 0.1) is 18.2 Å². The molecule has 0 bridgehead atoms. The fourth-order valence-electron chi connectivity index (χ4n) is 3.06. The lowest BCUT2D eigenvalue weighted by Crippen LogP contribution is -2.40. The lowest BCUT2D eigenvalue weighted by Gasteiger charge is -2.32. The average molecular weight is 382 g/mol. The molecule has 0 N–H and O–H groups in total. The van der Waals surface area contributed by atoms with E-state index >= 15 is 0 Å². The van der Waals surface area contributed by atoms with Crippen LogP contribution in [0.4, 0.5) is 9.18 Å². The molecule has 0 aromatic heterocycles. The molecule has 1 amide bonds. The molecule has 0 unspecified atom stereocenters. The van der Waals surface area contributed by atoms with Gasteiger partial charge in [0.15, 0.2) is 0 Å². The number of rotatable bonds is 3. The van der Waals surface area contributed by atoms with Crippen LogP contribution in [0.3, 0.4) is 0 Å². The minimum atomic E-state index is -0.555. The molecule has 0 atom stereocenters. The quantitative estimate of drug-likeness (QED) is 0.780. The van der Waals surface area contributed by atoms with E-state index in [2.05, 4.69) is 0 Å². The highest BCUT2D eigenvalue weighted by molar-refractivity contribution is 5.69. The molecule has 6 heteroatoms. The maximum Gasteiger partial charge on any atom is 0.410 e. The molecule has 0 spiro atoms. The second-order valence-corrected chi connectivity index (χ2v) is 7.75. The molecule has 0 radical (unpaired) electrons. The van der Waals surface area contributed by atoms with Crippen LogP contribution in [0.15, 0.2) is 36.4 Å². The van der Waals surface area contributed by atoms with E-state index in [4.69, 9.17) is 14.7 Å². The summed E-state index contributed by atoms with van der Waals surface area (Å²) >= 11 is 0. The highest BCUT2D eigenvalue weighted by Crippen LogP contribution is 2.30. The molecule has 28 heavy (non-hydrogen) atoms. The van der Waals surface area contributed by atoms with Gasteiger partial charge in [0, 0.05) is 17.7 Å². The van der Waals surface area contributed by atoms with Crippen LogP contribution in [0.5, 0.6) is 5.75 Å². The zero-order chi connectivity index (χ0) is 20.3. The Hall–Kier alpha value is -3.07. The van der Waals surface area contributed by atoms with Crippen molar-refractivity contribution >= 4 is 6.09 Å². The minimum absolute atomic E-state index is 0.0421. The molecule has 3 rings (SSSR count). The third-order valence-electron chi connectivity index (χ3n) is 4.45. The third-order valence-corrected chi connectivity index (χ3v) is 4.45. The van der Waals surface area contributed by atoms with Crippen LogP contribution in [-0.4, -0.2) is 23.1 Å². The van der Waals surface area contributed by atoms with Crippen molar-refractivity contribution in [2.24, 2.45) is 0 Å². The Morgan fingerprint density at radius 3 is 2.75 bits per heavy atom. The summed E-state index contributed by atoms with van der Waals surface area (Å²) in [5, 5.41) is 8.84. The van der Waals surface area contributed by atoms with Gasteiger partial charge >= 0.3 is 6.09 Å². The van der Waals surface area contributed by atoms with E-state index in [9.17, 15) is 9.18 Å². The van der Waals surface area contributed by atoms with E-state index in [1.54, 1.807) is 17.0 Å². The number of nitrogens with zero attached hydrogens (tertiary/aromatic N) is 2. The molecule has 146 valence electrons. The highest BCUT2D eigenvalue weighted by Gasteiger charge is 2.27. The van der Waals surface area contributed by atoms with Crippen LogP contribution in [0.1, 0.15) is 43.0 Å². The zero-order valence-corrected chi connectivity index (χ0v) is 16.3. The SMILES string of the molecule is CC(C)(C)OC(=O)N1CCc2cccc(OCc3ccc(C#N)cc3F)c2C1. The number of fused-ring (bicyclic) bond motifs is 1. The topological polar surface area (TPSA) is 62.6 Å². The second kappa shape index (κ2) is 7.89. The molecule has 0 aliphatic carbocycles. The summed E-state index contributed by atoms with van der Waals surface area (Å²) in [6.45, 7) is 6.52. The Labute approximate surface area is 164 Å². The number of hydrogen-bond donors (Lipinski definition) is 0. The first-order valence-corrected chi connectivity index (χ1v) is 9.17. The van der Waals surface area contributed by atoms with Crippen molar-refractivity contribution in [1.82, 2.24) is 4.90 Å². The van der Waals surface area contributed by atoms with E-state index in [1.807, 2.05) is 45.0 Å². The number of carbonyl (C=O) groups excluding carboxylic acids is 1. The summed E-state index contributed by atoms with van der Waals surface area (Å²) in [6.07, 6.45) is 0.350. The van der Waals surface area contributed by atoms with Gasteiger partial charge in [-0.25, -0.2) is 9.18 Å². The van der Waals surface area contributed by atoms with Gasteiger partial charge in [-0.2, -0.15) is 5.26 Å². The van der Waals surface area contributed by atoms with Gasteiger partial charge < -0.3 is 14.4 Å². The van der Waals surface area contributed by atoms with E-state index < -0.39 is 11.4 Å². The first kappa shape index (κ1) is 19.7. The molecular formula is C22H23FN2O3.